The molecule has 0 aromatic carbocycles. The molecular formula is C13H11N2O4-. The Morgan fingerprint density at radius 2 is 2.00 bits per heavy atom. The molecule has 1 aromatic rings. The summed E-state index contributed by atoms with van der Waals surface area (Å²) in [5, 5.41) is 18.3. The van der Waals surface area contributed by atoms with E-state index in [0.717, 1.165) is 0 Å². The van der Waals surface area contributed by atoms with Gasteiger partial charge in [-0.3, -0.25) is 0 Å². The number of carbonyl (C=O) groups is 1. The van der Waals surface area contributed by atoms with Crippen LogP contribution in [0.5, 0.6) is 5.95 Å². The third kappa shape index (κ3) is 2.79. The van der Waals surface area contributed by atoms with Crippen LogP contribution in [-0.4, -0.2) is 16.8 Å². The van der Waals surface area contributed by atoms with Gasteiger partial charge in [-0.25, -0.2) is 4.79 Å². The highest BCUT2D eigenvalue weighted by Gasteiger charge is 2.20. The minimum absolute atomic E-state index is 0.412. The molecule has 0 bridgehead atoms. The maximum absolute atomic E-state index is 11.2. The van der Waals surface area contributed by atoms with Crippen molar-refractivity contribution in [3.8, 4) is 5.95 Å². The summed E-state index contributed by atoms with van der Waals surface area (Å²) < 4.78 is 4.49. The van der Waals surface area contributed by atoms with E-state index in [4.69, 9.17) is 0 Å². The predicted octanol–water partition coefficient (Wildman–Crippen LogP) is 1.49. The average molecular weight is 259 g/mol. The largest absolute Gasteiger partial charge is 0.544 e. The van der Waals surface area contributed by atoms with Gasteiger partial charge < -0.3 is 14.5 Å². The number of aryl methyl sites for hydroxylation is 1. The van der Waals surface area contributed by atoms with Gasteiger partial charge in [0.05, 0.1) is 22.9 Å². The summed E-state index contributed by atoms with van der Waals surface area (Å²) in [6, 6.07) is 0. The highest BCUT2D eigenvalue weighted by Crippen LogP contribution is 2.18. The molecule has 2 heterocycles. The van der Waals surface area contributed by atoms with Crippen LogP contribution in [0.15, 0.2) is 39.6 Å². The Labute approximate surface area is 109 Å². The standard InChI is InChI=1S/C13H12N2O4/c1-8-10(12(16)18-14-8)6-4-3-5-7-11-9(2)15-19-13(11)17/h3-7,16H,1-2H3/p-1/b5-3+,6-4+,11-7-. The lowest BCUT2D eigenvalue weighted by molar-refractivity contribution is -0.297. The molecule has 0 atom stereocenters. The van der Waals surface area contributed by atoms with Gasteiger partial charge in [-0.1, -0.05) is 29.5 Å². The summed E-state index contributed by atoms with van der Waals surface area (Å²) in [5.74, 6) is -0.939. The van der Waals surface area contributed by atoms with Crippen LogP contribution < -0.4 is 5.11 Å². The normalized spacial score (nSPS) is 17.7. The van der Waals surface area contributed by atoms with Crippen molar-refractivity contribution in [2.24, 2.45) is 5.16 Å². The van der Waals surface area contributed by atoms with Gasteiger partial charge in [-0.2, -0.15) is 5.16 Å². The molecule has 0 fully saturated rings. The Balaban J connectivity index is 2.03. The summed E-state index contributed by atoms with van der Waals surface area (Å²) in [6.45, 7) is 3.37. The molecule has 0 saturated heterocycles. The van der Waals surface area contributed by atoms with E-state index in [-0.39, 0.29) is 0 Å². The summed E-state index contributed by atoms with van der Waals surface area (Å²) in [4.78, 5) is 15.7. The molecule has 0 saturated carbocycles. The number of hydrogen-bond acceptors (Lipinski definition) is 6. The fourth-order valence-corrected chi connectivity index (χ4v) is 1.46. The molecule has 0 radical (unpaired) electrons. The molecule has 0 aliphatic carbocycles. The van der Waals surface area contributed by atoms with E-state index in [9.17, 15) is 9.90 Å². The van der Waals surface area contributed by atoms with Crippen molar-refractivity contribution >= 4 is 17.8 Å². The highest BCUT2D eigenvalue weighted by atomic mass is 16.7. The molecule has 98 valence electrons. The minimum Gasteiger partial charge on any atom is -0.544 e. The van der Waals surface area contributed by atoms with E-state index in [1.54, 1.807) is 44.2 Å². The van der Waals surface area contributed by atoms with Gasteiger partial charge in [0.25, 0.3) is 0 Å². The van der Waals surface area contributed by atoms with Crippen LogP contribution in [0.4, 0.5) is 0 Å². The lowest BCUT2D eigenvalue weighted by Crippen LogP contribution is -2.01. The summed E-state index contributed by atoms with van der Waals surface area (Å²) >= 11 is 0. The molecule has 1 aromatic heterocycles. The Kier molecular flexibility index (Phi) is 3.61. The van der Waals surface area contributed by atoms with Crippen molar-refractivity contribution in [3.63, 3.8) is 0 Å². The monoisotopic (exact) mass is 259 g/mol. The molecule has 0 spiro atoms. The lowest BCUT2D eigenvalue weighted by atomic mass is 10.1. The van der Waals surface area contributed by atoms with Gasteiger partial charge in [-0.15, -0.1) is 0 Å². The van der Waals surface area contributed by atoms with Gasteiger partial charge >= 0.3 is 5.97 Å². The van der Waals surface area contributed by atoms with Gasteiger partial charge in [0.15, 0.2) is 0 Å². The van der Waals surface area contributed by atoms with Crippen LogP contribution in [0.1, 0.15) is 18.2 Å². The quantitative estimate of drug-likeness (QED) is 0.466. The Morgan fingerprint density at radius 1 is 1.21 bits per heavy atom. The first kappa shape index (κ1) is 12.8. The fraction of sp³-hybridized carbons (Fsp3) is 0.154. The molecule has 0 N–H and O–H groups in total. The van der Waals surface area contributed by atoms with E-state index < -0.39 is 11.9 Å². The van der Waals surface area contributed by atoms with Crippen molar-refractivity contribution in [1.29, 1.82) is 0 Å². The lowest BCUT2D eigenvalue weighted by Gasteiger charge is -1.93. The van der Waals surface area contributed by atoms with Crippen molar-refractivity contribution in [1.82, 2.24) is 5.16 Å². The fourth-order valence-electron chi connectivity index (χ4n) is 1.46. The van der Waals surface area contributed by atoms with Crippen molar-refractivity contribution in [2.45, 2.75) is 13.8 Å². The number of carbonyl (C=O) groups excluding carboxylic acids is 1. The smallest absolute Gasteiger partial charge is 0.367 e. The SMILES string of the molecule is CC1=NOC(=O)\C1=C/C=C/C=C/c1c(C)noc1[O-]. The van der Waals surface area contributed by atoms with Gasteiger partial charge in [0, 0.05) is 5.56 Å². The van der Waals surface area contributed by atoms with E-state index >= 15 is 0 Å². The molecule has 6 nitrogen and oxygen atoms in total. The molecule has 1 aliphatic rings. The zero-order valence-corrected chi connectivity index (χ0v) is 10.4. The van der Waals surface area contributed by atoms with Crippen LogP contribution in [0, 0.1) is 6.92 Å². The average Bonchev–Trinajstić information content (AvgIpc) is 2.86. The van der Waals surface area contributed by atoms with Crippen molar-refractivity contribution in [3.05, 3.63) is 41.1 Å². The molecule has 6 heteroatoms. The first-order chi connectivity index (χ1) is 9.09. The number of allylic oxidation sites excluding steroid dienone is 4. The Hall–Kier alpha value is -2.63. The number of hydrogen-bond donors (Lipinski definition) is 0. The van der Waals surface area contributed by atoms with Gasteiger partial charge in [0.2, 0.25) is 0 Å². The Bertz CT molecular complexity index is 601. The van der Waals surface area contributed by atoms with E-state index in [1.807, 2.05) is 0 Å². The van der Waals surface area contributed by atoms with Gasteiger partial charge in [-0.05, 0) is 19.9 Å². The maximum atomic E-state index is 11.2. The second-order valence-electron chi connectivity index (χ2n) is 3.85. The molecule has 2 rings (SSSR count). The summed E-state index contributed by atoms with van der Waals surface area (Å²) in [6.07, 6.45) is 8.18. The maximum Gasteiger partial charge on any atom is 0.367 e. The van der Waals surface area contributed by atoms with E-state index in [2.05, 4.69) is 19.7 Å². The third-order valence-electron chi connectivity index (χ3n) is 2.50. The van der Waals surface area contributed by atoms with E-state index in [0.29, 0.717) is 22.5 Å². The van der Waals surface area contributed by atoms with Crippen molar-refractivity contribution in [2.75, 3.05) is 0 Å². The topological polar surface area (TPSA) is 87.8 Å². The highest BCUT2D eigenvalue weighted by molar-refractivity contribution is 6.21. The van der Waals surface area contributed by atoms with Crippen molar-refractivity contribution < 1.29 is 19.3 Å². The second kappa shape index (κ2) is 5.34. The third-order valence-corrected chi connectivity index (χ3v) is 2.50. The van der Waals surface area contributed by atoms with Crippen LogP contribution in [0.2, 0.25) is 0 Å². The molecule has 1 aliphatic heterocycles. The minimum atomic E-state index is -0.470. The first-order valence-electron chi connectivity index (χ1n) is 5.54. The number of rotatable bonds is 3. The molecule has 0 amide bonds. The number of aromatic nitrogens is 1. The Morgan fingerprint density at radius 3 is 2.58 bits per heavy atom. The van der Waals surface area contributed by atoms with Crippen LogP contribution in [-0.2, 0) is 9.63 Å². The summed E-state index contributed by atoms with van der Waals surface area (Å²) in [5.41, 5.74) is 1.90. The summed E-state index contributed by atoms with van der Waals surface area (Å²) in [7, 11) is 0. The molecule has 19 heavy (non-hydrogen) atoms. The number of oxime groups is 1. The number of nitrogens with zero attached hydrogens (tertiary/aromatic N) is 2. The zero-order valence-electron chi connectivity index (χ0n) is 10.4. The van der Waals surface area contributed by atoms with Gasteiger partial charge in [0.1, 0.15) is 0 Å². The second-order valence-corrected chi connectivity index (χ2v) is 3.85. The molecular weight excluding hydrogens is 248 g/mol. The van der Waals surface area contributed by atoms with Crippen LogP contribution in [0.25, 0.3) is 6.08 Å². The zero-order chi connectivity index (χ0) is 13.8. The predicted molar refractivity (Wildman–Crippen MR) is 66.1 cm³/mol. The first-order valence-corrected chi connectivity index (χ1v) is 5.54. The van der Waals surface area contributed by atoms with Crippen LogP contribution >= 0.6 is 0 Å². The molecule has 0 unspecified atom stereocenters. The van der Waals surface area contributed by atoms with Crippen LogP contribution in [0.3, 0.4) is 0 Å². The van der Waals surface area contributed by atoms with E-state index in [1.165, 1.54) is 0 Å².